The minimum absolute atomic E-state index is 0. The Hall–Kier alpha value is 3.70. The van der Waals surface area contributed by atoms with Gasteiger partial charge in [-0.25, -0.2) is 0 Å². The Morgan fingerprint density at radius 1 is 0.400 bits per heavy atom. The average Bonchev–Trinajstić information content (AvgIpc) is 0. The summed E-state index contributed by atoms with van der Waals surface area (Å²) in [5.74, 6) is 0. The Bertz CT molecular complexity index is 3.61. The van der Waals surface area contributed by atoms with Crippen molar-refractivity contribution in [3.8, 4) is 0 Å². The van der Waals surface area contributed by atoms with Crippen LogP contribution in [0.4, 0.5) is 0 Å². The molecule has 0 fully saturated rings. The Morgan fingerprint density at radius 3 is 0.400 bits per heavy atom. The minimum Gasteiger partial charge on any atom is 0 e. The van der Waals surface area contributed by atoms with Crippen molar-refractivity contribution in [2.75, 3.05) is 0 Å². The molecular formula is Pd4U. The molecule has 0 aromatic carbocycles. The smallest absolute Gasteiger partial charge is 0 e. The van der Waals surface area contributed by atoms with Gasteiger partial charge >= 0.3 is 0 Å². The van der Waals surface area contributed by atoms with E-state index < -0.39 is 0 Å². The van der Waals surface area contributed by atoms with Crippen LogP contribution in [0.5, 0.6) is 0 Å². The summed E-state index contributed by atoms with van der Waals surface area (Å²) in [6, 6.07) is 0. The van der Waals surface area contributed by atoms with Gasteiger partial charge in [0.05, 0.1) is 0 Å². The van der Waals surface area contributed by atoms with E-state index in [1.54, 1.807) is 0 Å². The number of hydrogen-bond donors (Lipinski definition) is 0. The van der Waals surface area contributed by atoms with E-state index in [9.17, 15) is 0 Å². The molecule has 5 heteroatoms. The van der Waals surface area contributed by atoms with Gasteiger partial charge in [-0.3, -0.25) is 0 Å². The molecule has 0 nitrogen and oxygen atoms in total. The molecule has 0 unspecified atom stereocenters. The van der Waals surface area contributed by atoms with Gasteiger partial charge in [0.2, 0.25) is 0 Å². The van der Waals surface area contributed by atoms with Crippen LogP contribution in [0.3, 0.4) is 0 Å². The quantitative estimate of drug-likeness (QED) is 0.321. The molecule has 0 heterocycles. The molecule has 5 heavy (non-hydrogen) atoms. The zero-order valence-corrected chi connectivity index (χ0v) is 12.1. The predicted octanol–water partition coefficient (Wildman–Crippen LogP) is -0.0100. The van der Waals surface area contributed by atoms with Crippen LogP contribution in [0.15, 0.2) is 0 Å². The summed E-state index contributed by atoms with van der Waals surface area (Å²) in [5, 5.41) is 0. The molecule has 0 aliphatic heterocycles. The van der Waals surface area contributed by atoms with Crippen molar-refractivity contribution >= 4 is 0 Å². The van der Waals surface area contributed by atoms with Gasteiger partial charge in [0, 0.05) is 113 Å². The van der Waals surface area contributed by atoms with E-state index in [1.807, 2.05) is 0 Å². The molecule has 0 N–H and O–H groups in total. The third kappa shape index (κ3) is 18.3. The van der Waals surface area contributed by atoms with Crippen LogP contribution < -0.4 is 0 Å². The van der Waals surface area contributed by atoms with Crippen LogP contribution >= 0.6 is 0 Å². The summed E-state index contributed by atoms with van der Waals surface area (Å²) < 4.78 is 0. The third-order valence-corrected chi connectivity index (χ3v) is 0. The fourth-order valence-corrected chi connectivity index (χ4v) is 0. The second-order valence-corrected chi connectivity index (χ2v) is 0. The standard InChI is InChI=1S/4Pd.U. The second kappa shape index (κ2) is 25.2. The zero-order valence-electron chi connectivity index (χ0n) is 1.76. The molecule has 44 valence electrons. The van der Waals surface area contributed by atoms with E-state index in [-0.39, 0.29) is 113 Å². The monoisotopic (exact) mass is 662 g/mol. The van der Waals surface area contributed by atoms with Crippen molar-refractivity contribution in [3.63, 3.8) is 0 Å². The summed E-state index contributed by atoms with van der Waals surface area (Å²) in [7, 11) is 0. The van der Waals surface area contributed by atoms with Gasteiger partial charge in [-0.2, -0.15) is 0 Å². The van der Waals surface area contributed by atoms with Crippen molar-refractivity contribution in [1.82, 2.24) is 0 Å². The van der Waals surface area contributed by atoms with Gasteiger partial charge < -0.3 is 0 Å². The Kier molecular flexibility index (Phi) is 190. The molecule has 0 saturated heterocycles. The first-order valence-corrected chi connectivity index (χ1v) is 0. The van der Waals surface area contributed by atoms with Crippen LogP contribution in [-0.4, -0.2) is 0 Å². The molecule has 0 bridgehead atoms. The van der Waals surface area contributed by atoms with E-state index in [2.05, 4.69) is 0 Å². The zero-order chi connectivity index (χ0) is 0. The summed E-state index contributed by atoms with van der Waals surface area (Å²) in [4.78, 5) is 0. The van der Waals surface area contributed by atoms with E-state index in [0.29, 0.717) is 0 Å². The van der Waals surface area contributed by atoms with Gasteiger partial charge in [0.15, 0.2) is 0 Å². The molecule has 0 rings (SSSR count). The topological polar surface area (TPSA) is 0 Å². The largest absolute Gasteiger partial charge is 0 e. The summed E-state index contributed by atoms with van der Waals surface area (Å²) in [6.07, 6.45) is 0. The van der Waals surface area contributed by atoms with Crippen LogP contribution in [0.25, 0.3) is 0 Å². The number of rotatable bonds is 0. The molecule has 0 aliphatic carbocycles. The van der Waals surface area contributed by atoms with Crippen molar-refractivity contribution in [3.05, 3.63) is 0 Å². The van der Waals surface area contributed by atoms with Crippen molar-refractivity contribution in [2.45, 2.75) is 0 Å². The van der Waals surface area contributed by atoms with Gasteiger partial charge in [-0.15, -0.1) is 0 Å². The van der Waals surface area contributed by atoms with E-state index in [1.165, 1.54) is 0 Å². The normalized spacial score (nSPS) is 0. The van der Waals surface area contributed by atoms with Crippen molar-refractivity contribution in [2.24, 2.45) is 0 Å². The van der Waals surface area contributed by atoms with Gasteiger partial charge in [-0.05, 0) is 0 Å². The second-order valence-electron chi connectivity index (χ2n) is 0. The predicted molar refractivity (Wildman–Crippen MR) is 0 cm³/mol. The Labute approximate surface area is 110 Å². The van der Waals surface area contributed by atoms with E-state index in [0.717, 1.165) is 0 Å². The molecule has 0 spiro atoms. The molecule has 0 radical (unpaired) electrons. The molecule has 0 saturated carbocycles. The molecule has 0 amide bonds. The maximum atomic E-state index is 0. The SMILES string of the molecule is [Pd].[Pd].[Pd].[Pd].[U]. The summed E-state index contributed by atoms with van der Waals surface area (Å²) >= 11 is 0. The van der Waals surface area contributed by atoms with Crippen LogP contribution in [-0.2, 0) is 81.7 Å². The number of hydrogen-bond acceptors (Lipinski definition) is 0. The fraction of sp³-hybridized carbons (Fsp3) is 0. The van der Waals surface area contributed by atoms with Crippen LogP contribution in [0, 0.1) is 31.1 Å². The van der Waals surface area contributed by atoms with Crippen molar-refractivity contribution in [1.29, 1.82) is 0 Å². The van der Waals surface area contributed by atoms with E-state index >= 15 is 0 Å². The molecule has 0 aromatic rings. The third-order valence-electron chi connectivity index (χ3n) is 0. The first kappa shape index (κ1) is 37.7. The molecule has 0 aromatic heterocycles. The molecule has 0 atom stereocenters. The van der Waals surface area contributed by atoms with Gasteiger partial charge in [-0.1, -0.05) is 0 Å². The minimum atomic E-state index is 0. The Morgan fingerprint density at radius 2 is 0.400 bits per heavy atom. The Balaban J connectivity index is 0. The summed E-state index contributed by atoms with van der Waals surface area (Å²) in [5.41, 5.74) is 0. The first-order valence-electron chi connectivity index (χ1n) is 0. The average molecular weight is 664 g/mol. The maximum Gasteiger partial charge on any atom is 0 e. The van der Waals surface area contributed by atoms with Gasteiger partial charge in [0.25, 0.3) is 0 Å². The van der Waals surface area contributed by atoms with Crippen molar-refractivity contribution < 1.29 is 113 Å². The fourth-order valence-electron chi connectivity index (χ4n) is 0. The molecule has 0 aliphatic rings. The molecular weight excluding hydrogens is 664 g/mol. The van der Waals surface area contributed by atoms with Crippen LogP contribution in [0.1, 0.15) is 0 Å². The van der Waals surface area contributed by atoms with Crippen LogP contribution in [0.2, 0.25) is 0 Å². The first-order chi connectivity index (χ1) is 0. The maximum absolute atomic E-state index is 0. The van der Waals surface area contributed by atoms with Gasteiger partial charge in [0.1, 0.15) is 0 Å². The van der Waals surface area contributed by atoms with E-state index in [4.69, 9.17) is 0 Å². The summed E-state index contributed by atoms with van der Waals surface area (Å²) in [6.45, 7) is 0.